The van der Waals surface area contributed by atoms with E-state index in [1.54, 1.807) is 19.9 Å². The average Bonchev–Trinajstić information content (AvgIpc) is 2.94. The summed E-state index contributed by atoms with van der Waals surface area (Å²) in [7, 11) is -4.50. The number of aromatic nitrogens is 1. The van der Waals surface area contributed by atoms with Crippen molar-refractivity contribution >= 4 is 30.1 Å². The largest absolute Gasteiger partial charge is 0.347 e. The molecule has 1 aromatic heterocycles. The zero-order valence-electron chi connectivity index (χ0n) is 13.2. The zero-order chi connectivity index (χ0) is 18.1. The summed E-state index contributed by atoms with van der Waals surface area (Å²) < 4.78 is 11.6. The minimum atomic E-state index is -4.50. The van der Waals surface area contributed by atoms with E-state index in [2.05, 4.69) is 4.98 Å². The fraction of sp³-hybridized carbons (Fsp3) is 0.357. The molecule has 0 saturated heterocycles. The SMILES string of the molecule is CCC(N(CC)C(=O)c1cc2cccc([N+](=O)[O-])c2[nH]1)P(=O)(O)O. The van der Waals surface area contributed by atoms with Crippen LogP contribution in [-0.2, 0) is 4.57 Å². The predicted molar refractivity (Wildman–Crippen MR) is 87.8 cm³/mol. The van der Waals surface area contributed by atoms with Gasteiger partial charge < -0.3 is 19.7 Å². The summed E-state index contributed by atoms with van der Waals surface area (Å²) in [4.78, 5) is 45.8. The van der Waals surface area contributed by atoms with E-state index < -0.39 is 24.2 Å². The molecular formula is C14H18N3O6P. The van der Waals surface area contributed by atoms with Crippen molar-refractivity contribution in [1.29, 1.82) is 0 Å². The molecule has 1 amide bonds. The molecule has 0 aliphatic heterocycles. The van der Waals surface area contributed by atoms with E-state index in [4.69, 9.17) is 0 Å². The predicted octanol–water partition coefficient (Wildman–Crippen LogP) is 2.45. The molecule has 0 saturated carbocycles. The number of nitrogens with one attached hydrogen (secondary N) is 1. The number of rotatable bonds is 6. The second kappa shape index (κ2) is 6.72. The molecule has 0 fully saturated rings. The van der Waals surface area contributed by atoms with E-state index in [9.17, 15) is 29.3 Å². The first kappa shape index (κ1) is 18.1. The molecule has 130 valence electrons. The first-order valence-electron chi connectivity index (χ1n) is 7.33. The van der Waals surface area contributed by atoms with Crippen molar-refractivity contribution in [2.24, 2.45) is 0 Å². The molecule has 0 aliphatic rings. The normalized spacial score (nSPS) is 13.0. The number of hydrogen-bond donors (Lipinski definition) is 3. The monoisotopic (exact) mass is 355 g/mol. The number of nitro groups is 1. The molecular weight excluding hydrogens is 337 g/mol. The van der Waals surface area contributed by atoms with Gasteiger partial charge in [0.05, 0.1) is 4.92 Å². The van der Waals surface area contributed by atoms with Gasteiger partial charge in [0.1, 0.15) is 17.0 Å². The molecule has 0 spiro atoms. The highest BCUT2D eigenvalue weighted by molar-refractivity contribution is 7.52. The maximum atomic E-state index is 12.7. The van der Waals surface area contributed by atoms with E-state index >= 15 is 0 Å². The minimum Gasteiger partial charge on any atom is -0.345 e. The van der Waals surface area contributed by atoms with E-state index in [-0.39, 0.29) is 29.9 Å². The fourth-order valence-electron chi connectivity index (χ4n) is 2.69. The molecule has 24 heavy (non-hydrogen) atoms. The third-order valence-corrected chi connectivity index (χ3v) is 5.20. The van der Waals surface area contributed by atoms with Crippen molar-refractivity contribution in [1.82, 2.24) is 9.88 Å². The van der Waals surface area contributed by atoms with E-state index in [1.165, 1.54) is 18.2 Å². The van der Waals surface area contributed by atoms with Gasteiger partial charge in [0, 0.05) is 18.0 Å². The lowest BCUT2D eigenvalue weighted by atomic mass is 10.2. The maximum Gasteiger partial charge on any atom is 0.347 e. The number of non-ortho nitro benzene ring substituents is 1. The number of benzene rings is 1. The fourth-order valence-corrected chi connectivity index (χ4v) is 3.80. The highest BCUT2D eigenvalue weighted by Gasteiger charge is 2.36. The zero-order valence-corrected chi connectivity index (χ0v) is 14.1. The third-order valence-electron chi connectivity index (χ3n) is 3.78. The molecule has 0 aliphatic carbocycles. The molecule has 1 heterocycles. The standard InChI is InChI=1S/C14H18N3O6P/c1-3-12(24(21,22)23)16(4-2)14(18)10-8-9-6-5-7-11(17(19)20)13(9)15-10/h5-8,12,15H,3-4H2,1-2H3,(H2,21,22,23). The smallest absolute Gasteiger partial charge is 0.345 e. The van der Waals surface area contributed by atoms with Crippen molar-refractivity contribution in [2.75, 3.05) is 6.54 Å². The second-order valence-corrected chi connectivity index (χ2v) is 7.02. The summed E-state index contributed by atoms with van der Waals surface area (Å²) in [6.07, 6.45) is 0.0875. The molecule has 0 bridgehead atoms. The molecule has 9 nitrogen and oxygen atoms in total. The van der Waals surface area contributed by atoms with Crippen LogP contribution in [0.15, 0.2) is 24.3 Å². The molecule has 1 unspecified atom stereocenters. The van der Waals surface area contributed by atoms with Gasteiger partial charge in [-0.3, -0.25) is 19.5 Å². The quantitative estimate of drug-likeness (QED) is 0.413. The molecule has 1 atom stereocenters. The Balaban J connectivity index is 2.48. The summed E-state index contributed by atoms with van der Waals surface area (Å²) >= 11 is 0. The number of amides is 1. The van der Waals surface area contributed by atoms with Gasteiger partial charge >= 0.3 is 7.60 Å². The molecule has 10 heteroatoms. The number of carbonyl (C=O) groups excluding carboxylic acids is 1. The van der Waals surface area contributed by atoms with Gasteiger partial charge in [0.2, 0.25) is 0 Å². The van der Waals surface area contributed by atoms with Crippen molar-refractivity contribution < 1.29 is 24.1 Å². The number of nitro benzene ring substituents is 1. The molecule has 2 rings (SSSR count). The Morgan fingerprint density at radius 3 is 2.58 bits per heavy atom. The Morgan fingerprint density at radius 2 is 2.08 bits per heavy atom. The van der Waals surface area contributed by atoms with Gasteiger partial charge in [0.25, 0.3) is 11.6 Å². The number of fused-ring (bicyclic) bond motifs is 1. The average molecular weight is 355 g/mol. The Bertz CT molecular complexity index is 827. The highest BCUT2D eigenvalue weighted by atomic mass is 31.2. The van der Waals surface area contributed by atoms with Gasteiger partial charge in [-0.2, -0.15) is 0 Å². The Kier molecular flexibility index (Phi) is 5.08. The van der Waals surface area contributed by atoms with Gasteiger partial charge in [-0.15, -0.1) is 0 Å². The second-order valence-electron chi connectivity index (χ2n) is 5.25. The van der Waals surface area contributed by atoms with Crippen molar-refractivity contribution in [3.05, 3.63) is 40.1 Å². The summed E-state index contributed by atoms with van der Waals surface area (Å²) in [5.74, 6) is -1.85. The van der Waals surface area contributed by atoms with Crippen LogP contribution in [-0.4, -0.2) is 42.8 Å². The van der Waals surface area contributed by atoms with Crippen LogP contribution in [0.5, 0.6) is 0 Å². The lowest BCUT2D eigenvalue weighted by Gasteiger charge is -2.30. The van der Waals surface area contributed by atoms with Crippen LogP contribution in [0.1, 0.15) is 30.8 Å². The van der Waals surface area contributed by atoms with E-state index in [1.807, 2.05) is 0 Å². The van der Waals surface area contributed by atoms with Crippen LogP contribution in [0.25, 0.3) is 10.9 Å². The topological polar surface area (TPSA) is 137 Å². The van der Waals surface area contributed by atoms with Crippen LogP contribution in [0, 0.1) is 10.1 Å². The minimum absolute atomic E-state index is 0.0491. The summed E-state index contributed by atoms with van der Waals surface area (Å²) in [6.45, 7) is 3.29. The maximum absolute atomic E-state index is 12.7. The molecule has 1 aromatic carbocycles. The summed E-state index contributed by atoms with van der Waals surface area (Å²) in [5, 5.41) is 11.5. The van der Waals surface area contributed by atoms with Gasteiger partial charge in [0.15, 0.2) is 0 Å². The third kappa shape index (κ3) is 3.33. The van der Waals surface area contributed by atoms with Crippen LogP contribution >= 0.6 is 7.60 Å². The van der Waals surface area contributed by atoms with Crippen LogP contribution in [0.3, 0.4) is 0 Å². The summed E-state index contributed by atoms with van der Waals surface area (Å²) in [6, 6.07) is 5.88. The number of H-pyrrole nitrogens is 1. The van der Waals surface area contributed by atoms with Crippen LogP contribution < -0.4 is 0 Å². The molecule has 2 aromatic rings. The molecule has 3 N–H and O–H groups in total. The van der Waals surface area contributed by atoms with Crippen molar-refractivity contribution in [3.63, 3.8) is 0 Å². The number of nitrogens with zero attached hydrogens (tertiary/aromatic N) is 2. The van der Waals surface area contributed by atoms with Gasteiger partial charge in [-0.05, 0) is 19.4 Å². The Hall–Kier alpha value is -2.22. The van der Waals surface area contributed by atoms with Gasteiger partial charge in [-0.25, -0.2) is 0 Å². The first-order chi connectivity index (χ1) is 11.2. The number of hydrogen-bond acceptors (Lipinski definition) is 4. The van der Waals surface area contributed by atoms with Crippen molar-refractivity contribution in [3.8, 4) is 0 Å². The lowest BCUT2D eigenvalue weighted by molar-refractivity contribution is -0.383. The summed E-state index contributed by atoms with van der Waals surface area (Å²) in [5.41, 5.74) is 0.0795. The number of para-hydroxylation sites is 1. The van der Waals surface area contributed by atoms with Crippen LogP contribution in [0.4, 0.5) is 5.69 Å². The Morgan fingerprint density at radius 1 is 1.42 bits per heavy atom. The highest BCUT2D eigenvalue weighted by Crippen LogP contribution is 2.45. The number of aromatic amines is 1. The molecule has 0 radical (unpaired) electrons. The Labute approximate surface area is 137 Å². The first-order valence-corrected chi connectivity index (χ1v) is 9.01. The lowest BCUT2D eigenvalue weighted by Crippen LogP contribution is -2.40. The van der Waals surface area contributed by atoms with Gasteiger partial charge in [-0.1, -0.05) is 19.1 Å². The van der Waals surface area contributed by atoms with Crippen molar-refractivity contribution in [2.45, 2.75) is 26.1 Å². The van der Waals surface area contributed by atoms with E-state index in [0.717, 1.165) is 4.90 Å². The van der Waals surface area contributed by atoms with E-state index in [0.29, 0.717) is 5.39 Å². The van der Waals surface area contributed by atoms with Crippen LogP contribution in [0.2, 0.25) is 0 Å². The number of carbonyl (C=O) groups is 1.